The van der Waals surface area contributed by atoms with Gasteiger partial charge in [0.15, 0.2) is 0 Å². The van der Waals surface area contributed by atoms with E-state index in [0.29, 0.717) is 17.7 Å². The molecule has 0 amide bonds. The van der Waals surface area contributed by atoms with Crippen molar-refractivity contribution in [2.24, 2.45) is 5.92 Å². The Bertz CT molecular complexity index is 590. The number of aromatic hydroxyl groups is 2. The average molecular weight is 276 g/mol. The lowest BCUT2D eigenvalue weighted by Gasteiger charge is -2.35. The number of hydrogen-bond donors (Lipinski definition) is 4. The molecule has 3 rings (SSSR count). The van der Waals surface area contributed by atoms with Gasteiger partial charge in [0.25, 0.3) is 0 Å². The van der Waals surface area contributed by atoms with Crippen LogP contribution in [-0.4, -0.2) is 32.6 Å². The zero-order chi connectivity index (χ0) is 14.3. The number of aliphatic hydroxyl groups is 2. The zero-order valence-electron chi connectivity index (χ0n) is 10.7. The first-order chi connectivity index (χ1) is 9.54. The first kappa shape index (κ1) is 12.9. The molecule has 0 saturated carbocycles. The van der Waals surface area contributed by atoms with Gasteiger partial charge in [0.05, 0.1) is 6.10 Å². The molecular weight excluding hydrogens is 260 g/mol. The number of aliphatic hydroxyl groups excluding tert-OH is 2. The molecule has 0 radical (unpaired) electrons. The monoisotopic (exact) mass is 276 g/mol. The van der Waals surface area contributed by atoms with Gasteiger partial charge in [-0.05, 0) is 18.6 Å². The van der Waals surface area contributed by atoms with Gasteiger partial charge >= 0.3 is 0 Å². The molecule has 0 aromatic heterocycles. The molecule has 1 aliphatic carbocycles. The normalized spacial score (nSPS) is 28.4. The highest BCUT2D eigenvalue weighted by molar-refractivity contribution is 5.51. The Morgan fingerprint density at radius 3 is 2.65 bits per heavy atom. The van der Waals surface area contributed by atoms with Gasteiger partial charge in [-0.3, -0.25) is 0 Å². The maximum atomic E-state index is 10.2. The summed E-state index contributed by atoms with van der Waals surface area (Å²) >= 11 is 0. The lowest BCUT2D eigenvalue weighted by molar-refractivity contribution is -0.00224. The molecular formula is C15H16O5. The predicted octanol–water partition coefficient (Wildman–Crippen LogP) is 1.78. The minimum absolute atomic E-state index is 0.0569. The van der Waals surface area contributed by atoms with E-state index in [4.69, 9.17) is 4.74 Å². The number of hydrogen-bond acceptors (Lipinski definition) is 5. The van der Waals surface area contributed by atoms with Crippen molar-refractivity contribution in [1.82, 2.24) is 0 Å². The Hall–Kier alpha value is -2.14. The molecule has 4 N–H and O–H groups in total. The van der Waals surface area contributed by atoms with E-state index < -0.39 is 12.2 Å². The van der Waals surface area contributed by atoms with Crippen molar-refractivity contribution in [1.29, 1.82) is 0 Å². The van der Waals surface area contributed by atoms with Crippen molar-refractivity contribution in [3.05, 3.63) is 41.7 Å². The van der Waals surface area contributed by atoms with E-state index in [1.165, 1.54) is 12.1 Å². The first-order valence-electron chi connectivity index (χ1n) is 6.51. The van der Waals surface area contributed by atoms with E-state index >= 15 is 0 Å². The standard InChI is InChI=1S/C15H16O5/c16-9-3-1-8(2-4-9)15-13(19)7-11-12(18)5-10(17)6-14(11)20-15/h1,3-6,8,13,15-19H,2,7H2/t8?,13-,15-/m1/s1. The van der Waals surface area contributed by atoms with Crippen LogP contribution in [0.2, 0.25) is 0 Å². The molecule has 5 nitrogen and oxygen atoms in total. The van der Waals surface area contributed by atoms with E-state index in [1.807, 2.05) is 0 Å². The quantitative estimate of drug-likeness (QED) is 0.627. The third kappa shape index (κ3) is 2.20. The van der Waals surface area contributed by atoms with Crippen LogP contribution in [0, 0.1) is 5.92 Å². The number of benzene rings is 1. The second-order valence-electron chi connectivity index (χ2n) is 5.18. The molecule has 1 aromatic rings. The molecule has 0 fully saturated rings. The highest BCUT2D eigenvalue weighted by Crippen LogP contribution is 2.40. The van der Waals surface area contributed by atoms with Gasteiger partial charge in [0.1, 0.15) is 29.1 Å². The van der Waals surface area contributed by atoms with E-state index in [2.05, 4.69) is 0 Å². The molecule has 3 atom stereocenters. The summed E-state index contributed by atoms with van der Waals surface area (Å²) in [6.45, 7) is 0. The van der Waals surface area contributed by atoms with E-state index in [1.54, 1.807) is 18.2 Å². The summed E-state index contributed by atoms with van der Waals surface area (Å²) in [6.07, 6.45) is 4.69. The summed E-state index contributed by atoms with van der Waals surface area (Å²) in [5.74, 6) is 0.396. The van der Waals surface area contributed by atoms with Crippen LogP contribution in [0.3, 0.4) is 0 Å². The molecule has 20 heavy (non-hydrogen) atoms. The second-order valence-corrected chi connectivity index (χ2v) is 5.18. The molecule has 0 saturated heterocycles. The van der Waals surface area contributed by atoms with Crippen molar-refractivity contribution < 1.29 is 25.2 Å². The van der Waals surface area contributed by atoms with Crippen LogP contribution >= 0.6 is 0 Å². The van der Waals surface area contributed by atoms with Crippen LogP contribution in [0.25, 0.3) is 0 Å². The number of phenols is 2. The van der Waals surface area contributed by atoms with Crippen LogP contribution in [0.4, 0.5) is 0 Å². The summed E-state index contributed by atoms with van der Waals surface area (Å²) in [7, 11) is 0. The Labute approximate surface area is 116 Å². The van der Waals surface area contributed by atoms with Gasteiger partial charge < -0.3 is 25.2 Å². The van der Waals surface area contributed by atoms with Gasteiger partial charge in [-0.1, -0.05) is 6.08 Å². The van der Waals surface area contributed by atoms with E-state index in [9.17, 15) is 20.4 Å². The van der Waals surface area contributed by atoms with Gasteiger partial charge in [0, 0.05) is 30.0 Å². The molecule has 1 heterocycles. The lowest BCUT2D eigenvalue weighted by atomic mass is 9.86. The van der Waals surface area contributed by atoms with Crippen molar-refractivity contribution in [3.8, 4) is 17.2 Å². The van der Waals surface area contributed by atoms with Gasteiger partial charge in [0.2, 0.25) is 0 Å². The number of rotatable bonds is 1. The summed E-state index contributed by atoms with van der Waals surface area (Å²) in [5, 5.41) is 38.8. The molecule has 0 spiro atoms. The zero-order valence-corrected chi connectivity index (χ0v) is 10.7. The first-order valence-corrected chi connectivity index (χ1v) is 6.51. The van der Waals surface area contributed by atoms with Crippen molar-refractivity contribution in [3.63, 3.8) is 0 Å². The Morgan fingerprint density at radius 2 is 1.95 bits per heavy atom. The fraction of sp³-hybridized carbons (Fsp3) is 0.333. The molecule has 1 aromatic carbocycles. The topological polar surface area (TPSA) is 90.2 Å². The number of ether oxygens (including phenoxy) is 1. The minimum Gasteiger partial charge on any atom is -0.508 e. The number of phenolic OH excluding ortho intramolecular Hbond substituents is 2. The third-order valence-electron chi connectivity index (χ3n) is 3.76. The molecule has 1 unspecified atom stereocenters. The van der Waals surface area contributed by atoms with Crippen LogP contribution in [0.15, 0.2) is 36.1 Å². The summed E-state index contributed by atoms with van der Waals surface area (Å²) < 4.78 is 5.75. The minimum atomic E-state index is -0.749. The van der Waals surface area contributed by atoms with Crippen molar-refractivity contribution in [2.45, 2.75) is 25.0 Å². The lowest BCUT2D eigenvalue weighted by Crippen LogP contribution is -2.42. The molecule has 0 bridgehead atoms. The van der Waals surface area contributed by atoms with Gasteiger partial charge in [-0.25, -0.2) is 0 Å². The SMILES string of the molecule is OC1=CCC([C@H]2Oc3cc(O)cc(O)c3C[C@H]2O)C=C1. The number of fused-ring (bicyclic) bond motifs is 1. The number of allylic oxidation sites excluding steroid dienone is 2. The second kappa shape index (κ2) is 4.76. The fourth-order valence-electron chi connectivity index (χ4n) is 2.72. The summed E-state index contributed by atoms with van der Waals surface area (Å²) in [5.41, 5.74) is 0.504. The smallest absolute Gasteiger partial charge is 0.131 e. The molecule has 2 aliphatic rings. The maximum Gasteiger partial charge on any atom is 0.131 e. The fourth-order valence-corrected chi connectivity index (χ4v) is 2.72. The van der Waals surface area contributed by atoms with Gasteiger partial charge in [-0.15, -0.1) is 0 Å². The van der Waals surface area contributed by atoms with E-state index in [-0.39, 0.29) is 29.6 Å². The summed E-state index contributed by atoms with van der Waals surface area (Å²) in [4.78, 5) is 0. The highest BCUT2D eigenvalue weighted by Gasteiger charge is 2.35. The van der Waals surface area contributed by atoms with Crippen molar-refractivity contribution in [2.75, 3.05) is 0 Å². The Morgan fingerprint density at radius 1 is 1.15 bits per heavy atom. The highest BCUT2D eigenvalue weighted by atomic mass is 16.5. The average Bonchev–Trinajstić information content (AvgIpc) is 2.40. The van der Waals surface area contributed by atoms with Crippen LogP contribution in [-0.2, 0) is 6.42 Å². The molecule has 1 aliphatic heterocycles. The van der Waals surface area contributed by atoms with Gasteiger partial charge in [-0.2, -0.15) is 0 Å². The van der Waals surface area contributed by atoms with E-state index in [0.717, 1.165) is 0 Å². The predicted molar refractivity (Wildman–Crippen MR) is 71.9 cm³/mol. The Balaban J connectivity index is 1.87. The maximum absolute atomic E-state index is 10.2. The molecule has 106 valence electrons. The molecule has 5 heteroatoms. The largest absolute Gasteiger partial charge is 0.508 e. The van der Waals surface area contributed by atoms with Crippen LogP contribution in [0.1, 0.15) is 12.0 Å². The summed E-state index contributed by atoms with van der Waals surface area (Å²) in [6, 6.07) is 2.67. The van der Waals surface area contributed by atoms with Crippen LogP contribution in [0.5, 0.6) is 17.2 Å². The third-order valence-corrected chi connectivity index (χ3v) is 3.76. The Kier molecular flexibility index (Phi) is 3.06. The van der Waals surface area contributed by atoms with Crippen LogP contribution < -0.4 is 4.74 Å². The van der Waals surface area contributed by atoms with Crippen molar-refractivity contribution >= 4 is 0 Å².